The van der Waals surface area contributed by atoms with Crippen molar-refractivity contribution in [1.82, 2.24) is 0 Å². The first kappa shape index (κ1) is 16.4. The van der Waals surface area contributed by atoms with Crippen LogP contribution in [0.5, 0.6) is 0 Å². The number of hydrogen-bond donors (Lipinski definition) is 1. The molecule has 0 heterocycles. The minimum absolute atomic E-state index is 0.151. The molecule has 0 aromatic rings. The van der Waals surface area contributed by atoms with Crippen molar-refractivity contribution >= 4 is 0 Å². The molecular formula is C16H28O3. The molecule has 0 aromatic heterocycles. The molecule has 1 aliphatic rings. The van der Waals surface area contributed by atoms with Gasteiger partial charge in [0.15, 0.2) is 0 Å². The van der Waals surface area contributed by atoms with Gasteiger partial charge in [0.05, 0.1) is 6.61 Å². The Morgan fingerprint density at radius 3 is 2.58 bits per heavy atom. The summed E-state index contributed by atoms with van der Waals surface area (Å²) in [5.41, 5.74) is 1.42. The van der Waals surface area contributed by atoms with E-state index in [0.29, 0.717) is 13.0 Å². The summed E-state index contributed by atoms with van der Waals surface area (Å²) in [7, 11) is 0. The van der Waals surface area contributed by atoms with Crippen LogP contribution in [-0.2, 0) is 9.78 Å². The zero-order chi connectivity index (χ0) is 14.4. The maximum absolute atomic E-state index is 10.1. The molecule has 1 aliphatic carbocycles. The van der Waals surface area contributed by atoms with Crippen molar-refractivity contribution < 1.29 is 14.9 Å². The fraction of sp³-hybridized carbons (Fsp3) is 0.750. The summed E-state index contributed by atoms with van der Waals surface area (Å²) in [5.74, 6) is -1.31. The van der Waals surface area contributed by atoms with Crippen LogP contribution in [0.25, 0.3) is 0 Å². The van der Waals surface area contributed by atoms with Gasteiger partial charge in [0.2, 0.25) is 5.79 Å². The van der Waals surface area contributed by atoms with Gasteiger partial charge in [-0.25, -0.2) is 4.89 Å². The minimum atomic E-state index is -1.31. The van der Waals surface area contributed by atoms with Gasteiger partial charge in [-0.15, -0.1) is 0 Å². The topological polar surface area (TPSA) is 38.7 Å². The quantitative estimate of drug-likeness (QED) is 0.311. The number of unbranched alkanes of at least 4 members (excludes halogenated alkanes) is 2. The second-order valence-electron chi connectivity index (χ2n) is 5.87. The largest absolute Gasteiger partial charge is 0.360 e. The van der Waals surface area contributed by atoms with Crippen molar-refractivity contribution in [3.63, 3.8) is 0 Å². The van der Waals surface area contributed by atoms with Crippen LogP contribution in [0, 0.1) is 5.41 Å². The van der Waals surface area contributed by atoms with E-state index in [4.69, 9.17) is 9.78 Å². The zero-order valence-electron chi connectivity index (χ0n) is 12.7. The molecule has 0 radical (unpaired) electrons. The van der Waals surface area contributed by atoms with Crippen LogP contribution in [0.1, 0.15) is 59.8 Å². The molecular weight excluding hydrogens is 240 g/mol. The van der Waals surface area contributed by atoms with Gasteiger partial charge in [-0.1, -0.05) is 52.2 Å². The highest BCUT2D eigenvalue weighted by atomic mass is 17.2. The average molecular weight is 268 g/mol. The van der Waals surface area contributed by atoms with Gasteiger partial charge in [0, 0.05) is 6.42 Å². The van der Waals surface area contributed by atoms with E-state index in [9.17, 15) is 5.11 Å². The van der Waals surface area contributed by atoms with Gasteiger partial charge >= 0.3 is 0 Å². The molecule has 3 nitrogen and oxygen atoms in total. The molecule has 1 N–H and O–H groups in total. The highest BCUT2D eigenvalue weighted by Gasteiger charge is 2.31. The maximum Gasteiger partial charge on any atom is 0.222 e. The highest BCUT2D eigenvalue weighted by Crippen LogP contribution is 2.37. The number of rotatable bonds is 8. The van der Waals surface area contributed by atoms with Crippen LogP contribution in [0.4, 0.5) is 0 Å². The molecule has 0 saturated carbocycles. The second kappa shape index (κ2) is 7.22. The number of allylic oxidation sites excluding steroid dienone is 2. The first-order valence-corrected chi connectivity index (χ1v) is 7.36. The Morgan fingerprint density at radius 1 is 1.32 bits per heavy atom. The van der Waals surface area contributed by atoms with Crippen molar-refractivity contribution in [2.24, 2.45) is 5.41 Å². The van der Waals surface area contributed by atoms with Crippen LogP contribution < -0.4 is 0 Å². The fourth-order valence-electron chi connectivity index (χ4n) is 2.30. The first-order valence-electron chi connectivity index (χ1n) is 7.36. The summed E-state index contributed by atoms with van der Waals surface area (Å²) in [6.45, 7) is 8.99. The van der Waals surface area contributed by atoms with Gasteiger partial charge in [-0.3, -0.25) is 0 Å². The molecule has 0 amide bonds. The third-order valence-corrected chi connectivity index (χ3v) is 3.65. The van der Waals surface area contributed by atoms with Gasteiger partial charge in [0.1, 0.15) is 0 Å². The summed E-state index contributed by atoms with van der Waals surface area (Å²) >= 11 is 0. The van der Waals surface area contributed by atoms with E-state index < -0.39 is 5.79 Å². The Labute approximate surface area is 117 Å². The van der Waals surface area contributed by atoms with Crippen molar-refractivity contribution in [3.8, 4) is 0 Å². The molecule has 0 fully saturated rings. The van der Waals surface area contributed by atoms with Gasteiger partial charge in [0.25, 0.3) is 0 Å². The molecule has 0 aromatic carbocycles. The number of hydrogen-bond acceptors (Lipinski definition) is 3. The lowest BCUT2D eigenvalue weighted by atomic mass is 9.77. The Hall–Kier alpha value is -0.640. The second-order valence-corrected chi connectivity index (χ2v) is 5.87. The standard InChI is InChI=1S/C16H28O3/c1-5-7-8-11-15(3,4)14-9-12-16(17,13-10-14)19-18-6-2/h9-10,12,17H,5-8,11,13H2,1-4H3/t16-/m0/s1. The van der Waals surface area contributed by atoms with Crippen LogP contribution in [0.3, 0.4) is 0 Å². The van der Waals surface area contributed by atoms with E-state index in [1.165, 1.54) is 31.3 Å². The lowest BCUT2D eigenvalue weighted by molar-refractivity contribution is -0.399. The van der Waals surface area contributed by atoms with Crippen molar-refractivity contribution in [2.75, 3.05) is 6.61 Å². The molecule has 1 atom stereocenters. The predicted molar refractivity (Wildman–Crippen MR) is 77.4 cm³/mol. The van der Waals surface area contributed by atoms with E-state index in [1.807, 2.05) is 13.0 Å². The summed E-state index contributed by atoms with van der Waals surface area (Å²) in [6.07, 6.45) is 11.1. The summed E-state index contributed by atoms with van der Waals surface area (Å²) < 4.78 is 0. The average Bonchev–Trinajstić information content (AvgIpc) is 2.37. The van der Waals surface area contributed by atoms with Crippen LogP contribution >= 0.6 is 0 Å². The van der Waals surface area contributed by atoms with E-state index in [2.05, 4.69) is 26.8 Å². The van der Waals surface area contributed by atoms with Crippen molar-refractivity contribution in [3.05, 3.63) is 23.8 Å². The smallest absolute Gasteiger partial charge is 0.222 e. The monoisotopic (exact) mass is 268 g/mol. The Bertz CT molecular complexity index is 331. The van der Waals surface area contributed by atoms with Crippen LogP contribution in [0.2, 0.25) is 0 Å². The Morgan fingerprint density at radius 2 is 2.05 bits per heavy atom. The number of aliphatic hydroxyl groups is 1. The van der Waals surface area contributed by atoms with Gasteiger partial charge in [-0.2, -0.15) is 4.89 Å². The molecule has 0 spiro atoms. The van der Waals surface area contributed by atoms with E-state index >= 15 is 0 Å². The molecule has 3 heteroatoms. The normalized spacial score (nSPS) is 23.5. The van der Waals surface area contributed by atoms with E-state index in [0.717, 1.165) is 0 Å². The van der Waals surface area contributed by atoms with Gasteiger partial charge in [-0.05, 0) is 30.4 Å². The molecule has 0 aliphatic heterocycles. The zero-order valence-corrected chi connectivity index (χ0v) is 12.7. The van der Waals surface area contributed by atoms with Crippen molar-refractivity contribution in [2.45, 2.75) is 65.6 Å². The molecule has 0 bridgehead atoms. The molecule has 1 rings (SSSR count). The van der Waals surface area contributed by atoms with Crippen molar-refractivity contribution in [1.29, 1.82) is 0 Å². The van der Waals surface area contributed by atoms with Gasteiger partial charge < -0.3 is 5.11 Å². The Kier molecular flexibility index (Phi) is 6.24. The van der Waals surface area contributed by atoms with E-state index in [1.54, 1.807) is 6.08 Å². The lowest BCUT2D eigenvalue weighted by Crippen LogP contribution is -2.32. The lowest BCUT2D eigenvalue weighted by Gasteiger charge is -2.31. The predicted octanol–water partition coefficient (Wildman–Crippen LogP) is 4.14. The van der Waals surface area contributed by atoms with E-state index in [-0.39, 0.29) is 5.41 Å². The summed E-state index contributed by atoms with van der Waals surface area (Å²) in [5, 5.41) is 10.1. The summed E-state index contributed by atoms with van der Waals surface area (Å²) in [6, 6.07) is 0. The third kappa shape index (κ3) is 5.09. The van der Waals surface area contributed by atoms with Crippen LogP contribution in [-0.4, -0.2) is 17.5 Å². The maximum atomic E-state index is 10.1. The minimum Gasteiger partial charge on any atom is -0.360 e. The highest BCUT2D eigenvalue weighted by molar-refractivity contribution is 5.31. The summed E-state index contributed by atoms with van der Waals surface area (Å²) in [4.78, 5) is 9.85. The third-order valence-electron chi connectivity index (χ3n) is 3.65. The fourth-order valence-corrected chi connectivity index (χ4v) is 2.30. The molecule has 110 valence electrons. The Balaban J connectivity index is 2.56. The molecule has 0 saturated heterocycles. The molecule has 0 unspecified atom stereocenters. The SMILES string of the molecule is CCCCCC(C)(C)C1=CC[C@@](O)(OOCC)C=C1. The first-order chi connectivity index (χ1) is 8.93. The van der Waals surface area contributed by atoms with Crippen LogP contribution in [0.15, 0.2) is 23.8 Å². The molecule has 19 heavy (non-hydrogen) atoms.